The van der Waals surface area contributed by atoms with E-state index in [2.05, 4.69) is 22.3 Å². The van der Waals surface area contributed by atoms with Gasteiger partial charge in [-0.05, 0) is 18.9 Å². The van der Waals surface area contributed by atoms with Crippen LogP contribution in [0.3, 0.4) is 0 Å². The van der Waals surface area contributed by atoms with Crippen LogP contribution in [0.4, 0.5) is 0 Å². The van der Waals surface area contributed by atoms with Crippen LogP contribution in [0.15, 0.2) is 24.3 Å². The van der Waals surface area contributed by atoms with Gasteiger partial charge in [-0.3, -0.25) is 0 Å². The molecule has 0 unspecified atom stereocenters. The minimum Gasteiger partial charge on any atom is -0.461 e. The molecular formula is C15H19N3O3. The van der Waals surface area contributed by atoms with Crippen molar-refractivity contribution in [3.8, 4) is 11.3 Å². The van der Waals surface area contributed by atoms with Gasteiger partial charge in [-0.15, -0.1) is 5.10 Å². The normalized spacial score (nSPS) is 10.6. The van der Waals surface area contributed by atoms with E-state index < -0.39 is 5.97 Å². The number of benzene rings is 1. The molecule has 0 amide bonds. The number of carbonyl (C=O) groups excluding carboxylic acids is 1. The van der Waals surface area contributed by atoms with Gasteiger partial charge in [-0.2, -0.15) is 10.3 Å². The van der Waals surface area contributed by atoms with Crippen molar-refractivity contribution in [2.24, 2.45) is 0 Å². The van der Waals surface area contributed by atoms with Crippen molar-refractivity contribution in [2.75, 3.05) is 13.2 Å². The van der Waals surface area contributed by atoms with Crippen LogP contribution in [-0.2, 0) is 16.1 Å². The maximum atomic E-state index is 11.8. The zero-order valence-corrected chi connectivity index (χ0v) is 12.3. The maximum absolute atomic E-state index is 11.8. The Morgan fingerprint density at radius 2 is 1.95 bits per heavy atom. The summed E-state index contributed by atoms with van der Waals surface area (Å²) in [4.78, 5) is 11.8. The molecule has 0 fully saturated rings. The molecule has 0 saturated heterocycles. The topological polar surface area (TPSA) is 77.1 Å². The second kappa shape index (κ2) is 7.54. The zero-order valence-electron chi connectivity index (χ0n) is 12.3. The Hall–Kier alpha value is -2.21. The van der Waals surface area contributed by atoms with E-state index in [9.17, 15) is 4.79 Å². The van der Waals surface area contributed by atoms with Crippen molar-refractivity contribution in [3.05, 3.63) is 35.5 Å². The van der Waals surface area contributed by atoms with Crippen LogP contribution < -0.4 is 0 Å². The molecule has 0 atom stereocenters. The lowest BCUT2D eigenvalue weighted by Gasteiger charge is -2.04. The molecule has 1 aromatic carbocycles. The van der Waals surface area contributed by atoms with Gasteiger partial charge in [-0.1, -0.05) is 31.2 Å². The Morgan fingerprint density at radius 3 is 2.62 bits per heavy atom. The van der Waals surface area contributed by atoms with Gasteiger partial charge >= 0.3 is 5.97 Å². The summed E-state index contributed by atoms with van der Waals surface area (Å²) in [7, 11) is 0. The maximum Gasteiger partial charge on any atom is 0.361 e. The zero-order chi connectivity index (χ0) is 15.1. The van der Waals surface area contributed by atoms with Crippen molar-refractivity contribution in [1.82, 2.24) is 15.4 Å². The molecule has 6 heteroatoms. The number of aromatic nitrogens is 3. The van der Waals surface area contributed by atoms with Gasteiger partial charge in [0, 0.05) is 12.2 Å². The number of ether oxygens (including phenoxy) is 2. The number of nitrogens with zero attached hydrogens (tertiary/aromatic N) is 2. The first-order chi connectivity index (χ1) is 10.3. The Bertz CT molecular complexity index is 578. The van der Waals surface area contributed by atoms with E-state index in [0.29, 0.717) is 18.9 Å². The molecule has 112 valence electrons. The fourth-order valence-electron chi connectivity index (χ4n) is 1.87. The molecule has 1 heterocycles. The van der Waals surface area contributed by atoms with E-state index in [1.54, 1.807) is 6.92 Å². The molecule has 0 bridgehead atoms. The van der Waals surface area contributed by atoms with E-state index in [4.69, 9.17) is 9.47 Å². The molecule has 0 aliphatic carbocycles. The number of nitrogens with one attached hydrogen (secondary N) is 1. The molecule has 1 N–H and O–H groups in total. The minimum absolute atomic E-state index is 0.201. The van der Waals surface area contributed by atoms with Crippen molar-refractivity contribution < 1.29 is 14.3 Å². The molecule has 1 aromatic heterocycles. The molecule has 6 nitrogen and oxygen atoms in total. The van der Waals surface area contributed by atoms with Crippen LogP contribution in [-0.4, -0.2) is 34.6 Å². The number of rotatable bonds is 7. The molecule has 0 aliphatic heterocycles. The first kappa shape index (κ1) is 15.2. The van der Waals surface area contributed by atoms with E-state index in [0.717, 1.165) is 24.2 Å². The van der Waals surface area contributed by atoms with Crippen molar-refractivity contribution in [2.45, 2.75) is 26.9 Å². The third kappa shape index (κ3) is 3.88. The fourth-order valence-corrected chi connectivity index (χ4v) is 1.87. The van der Waals surface area contributed by atoms with Gasteiger partial charge in [0.05, 0.1) is 13.2 Å². The Labute approximate surface area is 123 Å². The predicted octanol–water partition coefficient (Wildman–Crippen LogP) is 2.58. The van der Waals surface area contributed by atoms with Gasteiger partial charge < -0.3 is 9.47 Å². The quantitative estimate of drug-likeness (QED) is 0.626. The summed E-state index contributed by atoms with van der Waals surface area (Å²) in [6, 6.07) is 7.69. The number of carbonyl (C=O) groups is 1. The smallest absolute Gasteiger partial charge is 0.361 e. The fraction of sp³-hybridized carbons (Fsp3) is 0.400. The van der Waals surface area contributed by atoms with Gasteiger partial charge in [0.25, 0.3) is 0 Å². The summed E-state index contributed by atoms with van der Waals surface area (Å²) in [5.41, 5.74) is 2.58. The SMILES string of the molecule is CCCOCc1ccc(-c2n[nH]nc2C(=O)OCC)cc1. The number of hydrogen-bond donors (Lipinski definition) is 1. The van der Waals surface area contributed by atoms with E-state index in [1.165, 1.54) is 0 Å². The lowest BCUT2D eigenvalue weighted by Crippen LogP contribution is -2.06. The monoisotopic (exact) mass is 289 g/mol. The van der Waals surface area contributed by atoms with Crippen LogP contribution in [0.5, 0.6) is 0 Å². The van der Waals surface area contributed by atoms with Crippen LogP contribution in [0.25, 0.3) is 11.3 Å². The molecule has 0 spiro atoms. The van der Waals surface area contributed by atoms with Crippen LogP contribution >= 0.6 is 0 Å². The first-order valence-corrected chi connectivity index (χ1v) is 7.01. The summed E-state index contributed by atoms with van der Waals surface area (Å²) >= 11 is 0. The standard InChI is InChI=1S/C15H19N3O3/c1-3-9-20-10-11-5-7-12(8-6-11)13-14(17-18-16-13)15(19)21-4-2/h5-8H,3-4,9-10H2,1-2H3,(H,16,17,18). The predicted molar refractivity (Wildman–Crippen MR) is 77.7 cm³/mol. The lowest BCUT2D eigenvalue weighted by molar-refractivity contribution is 0.0520. The Morgan fingerprint density at radius 1 is 1.19 bits per heavy atom. The average Bonchev–Trinajstić information content (AvgIpc) is 2.98. The Balaban J connectivity index is 2.12. The number of H-pyrrole nitrogens is 1. The molecule has 0 saturated carbocycles. The number of aromatic amines is 1. The third-order valence-corrected chi connectivity index (χ3v) is 2.86. The molecule has 0 radical (unpaired) electrons. The van der Waals surface area contributed by atoms with Crippen LogP contribution in [0, 0.1) is 0 Å². The molecular weight excluding hydrogens is 270 g/mol. The van der Waals surface area contributed by atoms with Crippen molar-refractivity contribution >= 4 is 5.97 Å². The second-order valence-electron chi connectivity index (χ2n) is 4.49. The minimum atomic E-state index is -0.475. The summed E-state index contributed by atoms with van der Waals surface area (Å²) in [5, 5.41) is 10.4. The summed E-state index contributed by atoms with van der Waals surface area (Å²) in [5.74, 6) is -0.475. The van der Waals surface area contributed by atoms with E-state index in [-0.39, 0.29) is 5.69 Å². The largest absolute Gasteiger partial charge is 0.461 e. The van der Waals surface area contributed by atoms with E-state index in [1.807, 2.05) is 24.3 Å². The average molecular weight is 289 g/mol. The third-order valence-electron chi connectivity index (χ3n) is 2.86. The highest BCUT2D eigenvalue weighted by atomic mass is 16.5. The molecule has 0 aliphatic rings. The van der Waals surface area contributed by atoms with Crippen LogP contribution in [0.2, 0.25) is 0 Å². The van der Waals surface area contributed by atoms with Gasteiger partial charge in [0.15, 0.2) is 5.69 Å². The van der Waals surface area contributed by atoms with Gasteiger partial charge in [0.2, 0.25) is 0 Å². The second-order valence-corrected chi connectivity index (χ2v) is 4.49. The summed E-state index contributed by atoms with van der Waals surface area (Å²) in [6.45, 7) is 5.46. The van der Waals surface area contributed by atoms with E-state index >= 15 is 0 Å². The lowest BCUT2D eigenvalue weighted by atomic mass is 10.1. The van der Waals surface area contributed by atoms with Crippen LogP contribution in [0.1, 0.15) is 36.3 Å². The summed E-state index contributed by atoms with van der Waals surface area (Å²) < 4.78 is 10.4. The molecule has 2 aromatic rings. The number of esters is 1. The van der Waals surface area contributed by atoms with Gasteiger partial charge in [0.1, 0.15) is 5.69 Å². The highest BCUT2D eigenvalue weighted by Crippen LogP contribution is 2.21. The van der Waals surface area contributed by atoms with Crippen molar-refractivity contribution in [3.63, 3.8) is 0 Å². The summed E-state index contributed by atoms with van der Waals surface area (Å²) in [6.07, 6.45) is 1.000. The molecule has 2 rings (SSSR count). The highest BCUT2D eigenvalue weighted by Gasteiger charge is 2.18. The first-order valence-electron chi connectivity index (χ1n) is 7.01. The Kier molecular flexibility index (Phi) is 5.45. The van der Waals surface area contributed by atoms with Gasteiger partial charge in [-0.25, -0.2) is 4.79 Å². The molecule has 21 heavy (non-hydrogen) atoms. The van der Waals surface area contributed by atoms with Crippen molar-refractivity contribution in [1.29, 1.82) is 0 Å². The highest BCUT2D eigenvalue weighted by molar-refractivity contribution is 5.93. The number of hydrogen-bond acceptors (Lipinski definition) is 5.